The minimum atomic E-state index is -0.355. The summed E-state index contributed by atoms with van der Waals surface area (Å²) in [5, 5.41) is 6.84. The Morgan fingerprint density at radius 3 is 2.49 bits per heavy atom. The molecule has 0 fully saturated rings. The van der Waals surface area contributed by atoms with Crippen LogP contribution in [0, 0.1) is 13.8 Å². The molecule has 3 rings (SSSR count). The van der Waals surface area contributed by atoms with E-state index in [4.69, 9.17) is 9.47 Å². The summed E-state index contributed by atoms with van der Waals surface area (Å²) in [4.78, 5) is 24.3. The average molecular weight is 538 g/mol. The van der Waals surface area contributed by atoms with Crippen LogP contribution in [0.25, 0.3) is 0 Å². The Bertz CT molecular complexity index is 1210. The van der Waals surface area contributed by atoms with E-state index in [1.165, 1.54) is 6.21 Å². The molecule has 0 radical (unpaired) electrons. The number of amides is 2. The highest BCUT2D eigenvalue weighted by Crippen LogP contribution is 2.36. The van der Waals surface area contributed by atoms with Crippen molar-refractivity contribution >= 4 is 39.6 Å². The summed E-state index contributed by atoms with van der Waals surface area (Å²) in [7, 11) is 1.56. The highest BCUT2D eigenvalue weighted by Gasteiger charge is 2.12. The Morgan fingerprint density at radius 1 is 1.00 bits per heavy atom. The average Bonchev–Trinajstić information content (AvgIpc) is 2.85. The van der Waals surface area contributed by atoms with E-state index in [0.717, 1.165) is 22.4 Å². The lowest BCUT2D eigenvalue weighted by Gasteiger charge is -2.13. The molecule has 182 valence electrons. The second-order valence-electron chi connectivity index (χ2n) is 7.90. The van der Waals surface area contributed by atoms with Gasteiger partial charge in [0.05, 0.1) is 17.8 Å². The number of nitrogens with one attached hydrogen (secondary N) is 2. The summed E-state index contributed by atoms with van der Waals surface area (Å²) in [6.07, 6.45) is 1.58. The Hall–Kier alpha value is -3.65. The zero-order valence-electron chi connectivity index (χ0n) is 19.9. The van der Waals surface area contributed by atoms with Crippen molar-refractivity contribution in [1.82, 2.24) is 5.43 Å². The molecular formula is C27H28BrN3O4. The standard InChI is InChI=1S/C27H28BrN3O4/c1-18-8-7-11-23(19(18)2)30-25(32)12-13-26(33)31-29-16-21-14-22(28)27(24(15-21)34-3)35-17-20-9-5-4-6-10-20/h4-11,14-16H,12-13,17H2,1-3H3,(H,30,32)(H,31,33). The van der Waals surface area contributed by atoms with Crippen LogP contribution < -0.4 is 20.2 Å². The number of ether oxygens (including phenoxy) is 2. The van der Waals surface area contributed by atoms with Gasteiger partial charge >= 0.3 is 0 Å². The fourth-order valence-corrected chi connectivity index (χ4v) is 3.82. The number of carbonyl (C=O) groups excluding carboxylic acids is 2. The van der Waals surface area contributed by atoms with Crippen LogP contribution in [0.15, 0.2) is 70.2 Å². The molecule has 35 heavy (non-hydrogen) atoms. The van der Waals surface area contributed by atoms with E-state index in [1.807, 2.05) is 68.4 Å². The van der Waals surface area contributed by atoms with Crippen molar-refractivity contribution < 1.29 is 19.1 Å². The highest BCUT2D eigenvalue weighted by molar-refractivity contribution is 9.10. The van der Waals surface area contributed by atoms with E-state index in [1.54, 1.807) is 13.2 Å². The van der Waals surface area contributed by atoms with Crippen LogP contribution in [-0.4, -0.2) is 25.1 Å². The van der Waals surface area contributed by atoms with E-state index >= 15 is 0 Å². The molecule has 0 aliphatic rings. The minimum absolute atomic E-state index is 0.0211. The fraction of sp³-hybridized carbons (Fsp3) is 0.222. The lowest BCUT2D eigenvalue weighted by atomic mass is 10.1. The van der Waals surface area contributed by atoms with Crippen LogP contribution in [0.1, 0.15) is 35.1 Å². The van der Waals surface area contributed by atoms with Gasteiger partial charge in [0.15, 0.2) is 11.5 Å². The van der Waals surface area contributed by atoms with Crippen molar-refractivity contribution in [2.75, 3.05) is 12.4 Å². The predicted molar refractivity (Wildman–Crippen MR) is 141 cm³/mol. The van der Waals surface area contributed by atoms with Gasteiger partial charge < -0.3 is 14.8 Å². The first-order chi connectivity index (χ1) is 16.9. The Labute approximate surface area is 213 Å². The summed E-state index contributed by atoms with van der Waals surface area (Å²) in [5.41, 5.74) is 7.05. The lowest BCUT2D eigenvalue weighted by molar-refractivity contribution is -0.124. The molecule has 0 heterocycles. The quantitative estimate of drug-likeness (QED) is 0.263. The predicted octanol–water partition coefficient (Wildman–Crippen LogP) is 5.52. The molecule has 0 atom stereocenters. The Kier molecular flexibility index (Phi) is 9.43. The van der Waals surface area contributed by atoms with Gasteiger partial charge in [-0.1, -0.05) is 42.5 Å². The molecule has 7 nitrogen and oxygen atoms in total. The summed E-state index contributed by atoms with van der Waals surface area (Å²) in [5.74, 6) is 0.530. The topological polar surface area (TPSA) is 89.0 Å². The van der Waals surface area contributed by atoms with Crippen molar-refractivity contribution in [2.24, 2.45) is 5.10 Å². The van der Waals surface area contributed by atoms with Crippen molar-refractivity contribution in [1.29, 1.82) is 0 Å². The zero-order chi connectivity index (χ0) is 25.2. The largest absolute Gasteiger partial charge is 0.493 e. The SMILES string of the molecule is COc1cc(C=NNC(=O)CCC(=O)Nc2cccc(C)c2C)cc(Br)c1OCc1ccccc1. The highest BCUT2D eigenvalue weighted by atomic mass is 79.9. The van der Waals surface area contributed by atoms with Crippen molar-refractivity contribution in [3.8, 4) is 11.5 Å². The molecule has 2 amide bonds. The molecule has 2 N–H and O–H groups in total. The molecular weight excluding hydrogens is 510 g/mol. The molecule has 8 heteroatoms. The van der Waals surface area contributed by atoms with Gasteiger partial charge in [-0.05, 0) is 70.2 Å². The van der Waals surface area contributed by atoms with Crippen molar-refractivity contribution in [3.63, 3.8) is 0 Å². The molecule has 0 bridgehead atoms. The smallest absolute Gasteiger partial charge is 0.240 e. The number of benzene rings is 3. The number of rotatable bonds is 10. The monoisotopic (exact) mass is 537 g/mol. The Balaban J connectivity index is 1.51. The maximum absolute atomic E-state index is 12.2. The van der Waals surface area contributed by atoms with Gasteiger partial charge in [-0.3, -0.25) is 9.59 Å². The number of hydrogen-bond donors (Lipinski definition) is 2. The number of anilines is 1. The van der Waals surface area contributed by atoms with Gasteiger partial charge in [0.2, 0.25) is 11.8 Å². The molecule has 0 unspecified atom stereocenters. The van der Waals surface area contributed by atoms with E-state index in [9.17, 15) is 9.59 Å². The molecule has 0 saturated heterocycles. The summed E-state index contributed by atoms with van der Waals surface area (Å²) in [6.45, 7) is 4.33. The van der Waals surface area contributed by atoms with Crippen molar-refractivity contribution in [3.05, 3.63) is 87.4 Å². The third-order valence-electron chi connectivity index (χ3n) is 5.34. The molecule has 0 aliphatic carbocycles. The van der Waals surface area contributed by atoms with Gasteiger partial charge in [0.25, 0.3) is 0 Å². The number of aryl methyl sites for hydroxylation is 1. The third kappa shape index (κ3) is 7.68. The van der Waals surface area contributed by atoms with Gasteiger partial charge in [0.1, 0.15) is 6.61 Å². The van der Waals surface area contributed by atoms with Crippen LogP contribution in [-0.2, 0) is 16.2 Å². The maximum atomic E-state index is 12.2. The first kappa shape index (κ1) is 26.0. The first-order valence-electron chi connectivity index (χ1n) is 11.1. The van der Waals surface area contributed by atoms with E-state index in [0.29, 0.717) is 28.1 Å². The van der Waals surface area contributed by atoms with Gasteiger partial charge in [-0.2, -0.15) is 5.10 Å². The molecule has 3 aromatic rings. The number of nitrogens with zero attached hydrogens (tertiary/aromatic N) is 1. The number of hydrazone groups is 1. The van der Waals surface area contributed by atoms with Crippen LogP contribution >= 0.6 is 15.9 Å². The van der Waals surface area contributed by atoms with Crippen LogP contribution in [0.2, 0.25) is 0 Å². The summed E-state index contributed by atoms with van der Waals surface area (Å²) in [6, 6.07) is 19.1. The second kappa shape index (κ2) is 12.7. The molecule has 0 spiro atoms. The number of methoxy groups -OCH3 is 1. The van der Waals surface area contributed by atoms with Gasteiger partial charge in [-0.25, -0.2) is 5.43 Å². The van der Waals surface area contributed by atoms with Crippen LogP contribution in [0.4, 0.5) is 5.69 Å². The van der Waals surface area contributed by atoms with Crippen molar-refractivity contribution in [2.45, 2.75) is 33.3 Å². The molecule has 0 aliphatic heterocycles. The lowest BCUT2D eigenvalue weighted by Crippen LogP contribution is -2.21. The molecule has 0 saturated carbocycles. The van der Waals surface area contributed by atoms with Crippen LogP contribution in [0.3, 0.4) is 0 Å². The zero-order valence-corrected chi connectivity index (χ0v) is 21.5. The number of halogens is 1. The fourth-order valence-electron chi connectivity index (χ4n) is 3.25. The molecule has 0 aromatic heterocycles. The van der Waals surface area contributed by atoms with E-state index < -0.39 is 0 Å². The molecule has 3 aromatic carbocycles. The van der Waals surface area contributed by atoms with Crippen LogP contribution in [0.5, 0.6) is 11.5 Å². The normalized spacial score (nSPS) is 10.7. The summed E-state index contributed by atoms with van der Waals surface area (Å²) < 4.78 is 12.1. The minimum Gasteiger partial charge on any atom is -0.493 e. The second-order valence-corrected chi connectivity index (χ2v) is 8.75. The maximum Gasteiger partial charge on any atom is 0.240 e. The third-order valence-corrected chi connectivity index (χ3v) is 5.93. The summed E-state index contributed by atoms with van der Waals surface area (Å²) >= 11 is 3.51. The van der Waals surface area contributed by atoms with Gasteiger partial charge in [0, 0.05) is 18.5 Å². The first-order valence-corrected chi connectivity index (χ1v) is 11.9. The number of hydrogen-bond acceptors (Lipinski definition) is 5. The Morgan fingerprint density at radius 2 is 1.74 bits per heavy atom. The van der Waals surface area contributed by atoms with E-state index in [-0.39, 0.29) is 24.7 Å². The van der Waals surface area contributed by atoms with E-state index in [2.05, 4.69) is 31.8 Å². The number of carbonyl (C=O) groups is 2. The van der Waals surface area contributed by atoms with Gasteiger partial charge in [-0.15, -0.1) is 0 Å².